The molecule has 0 aromatic carbocycles. The van der Waals surface area contributed by atoms with E-state index in [0.29, 0.717) is 11.9 Å². The molecule has 1 saturated heterocycles. The molecule has 1 amide bonds. The molecule has 5 heteroatoms. The number of thioether (sulfide) groups is 1. The van der Waals surface area contributed by atoms with E-state index >= 15 is 0 Å². The van der Waals surface area contributed by atoms with Crippen molar-refractivity contribution in [3.05, 3.63) is 21.9 Å². The smallest absolute Gasteiger partial charge is 0.240 e. The van der Waals surface area contributed by atoms with E-state index in [1.807, 2.05) is 16.7 Å². The zero-order valence-electron chi connectivity index (χ0n) is 10.5. The SMILES string of the molecule is C[C@@H]1CN(C(=O)[C@@H]2SCCc3sccc32)CCN1. The lowest BCUT2D eigenvalue weighted by Crippen LogP contribution is -2.52. The fraction of sp³-hybridized carbons (Fsp3) is 0.615. The van der Waals surface area contributed by atoms with Crippen LogP contribution in [-0.2, 0) is 11.2 Å². The molecule has 1 fully saturated rings. The van der Waals surface area contributed by atoms with Crippen molar-refractivity contribution in [1.82, 2.24) is 10.2 Å². The van der Waals surface area contributed by atoms with Gasteiger partial charge in [0.1, 0.15) is 5.25 Å². The summed E-state index contributed by atoms with van der Waals surface area (Å²) in [5, 5.41) is 5.55. The number of amides is 1. The predicted molar refractivity (Wildman–Crippen MR) is 77.3 cm³/mol. The van der Waals surface area contributed by atoms with Crippen LogP contribution in [0.2, 0.25) is 0 Å². The lowest BCUT2D eigenvalue weighted by atomic mass is 10.1. The summed E-state index contributed by atoms with van der Waals surface area (Å²) >= 11 is 3.61. The lowest BCUT2D eigenvalue weighted by Gasteiger charge is -2.35. The van der Waals surface area contributed by atoms with E-state index < -0.39 is 0 Å². The topological polar surface area (TPSA) is 32.3 Å². The fourth-order valence-electron chi connectivity index (χ4n) is 2.65. The van der Waals surface area contributed by atoms with Crippen LogP contribution in [-0.4, -0.2) is 42.2 Å². The lowest BCUT2D eigenvalue weighted by molar-refractivity contribution is -0.131. The maximum atomic E-state index is 12.6. The van der Waals surface area contributed by atoms with Crippen LogP contribution >= 0.6 is 23.1 Å². The summed E-state index contributed by atoms with van der Waals surface area (Å²) in [6.07, 6.45) is 1.12. The van der Waals surface area contributed by atoms with Gasteiger partial charge in [0.05, 0.1) is 0 Å². The number of hydrogen-bond acceptors (Lipinski definition) is 4. The third-order valence-electron chi connectivity index (χ3n) is 3.58. The first-order chi connectivity index (χ1) is 8.75. The van der Waals surface area contributed by atoms with Crippen LogP contribution in [0.25, 0.3) is 0 Å². The van der Waals surface area contributed by atoms with Gasteiger partial charge in [-0.25, -0.2) is 0 Å². The molecule has 18 heavy (non-hydrogen) atoms. The van der Waals surface area contributed by atoms with Gasteiger partial charge in [0.2, 0.25) is 5.91 Å². The highest BCUT2D eigenvalue weighted by atomic mass is 32.2. The normalized spacial score (nSPS) is 27.9. The van der Waals surface area contributed by atoms with E-state index in [0.717, 1.165) is 31.8 Å². The predicted octanol–water partition coefficient (Wildman–Crippen LogP) is 1.90. The Hall–Kier alpha value is -0.520. The Morgan fingerprint density at radius 3 is 3.28 bits per heavy atom. The van der Waals surface area contributed by atoms with Gasteiger partial charge in [0.15, 0.2) is 0 Å². The molecular weight excluding hydrogens is 264 g/mol. The van der Waals surface area contributed by atoms with Crippen LogP contribution < -0.4 is 5.32 Å². The Bertz CT molecular complexity index is 446. The van der Waals surface area contributed by atoms with Gasteiger partial charge in [0, 0.05) is 30.6 Å². The molecule has 2 aliphatic rings. The molecular formula is C13H18N2OS2. The Kier molecular flexibility index (Phi) is 3.63. The summed E-state index contributed by atoms with van der Waals surface area (Å²) < 4.78 is 0. The number of aryl methyl sites for hydroxylation is 1. The number of fused-ring (bicyclic) bond motifs is 1. The molecule has 1 aromatic heterocycles. The van der Waals surface area contributed by atoms with E-state index in [9.17, 15) is 4.79 Å². The van der Waals surface area contributed by atoms with E-state index in [-0.39, 0.29) is 5.25 Å². The van der Waals surface area contributed by atoms with Crippen molar-refractivity contribution in [1.29, 1.82) is 0 Å². The minimum atomic E-state index is 0.0466. The number of carbonyl (C=O) groups excluding carboxylic acids is 1. The van der Waals surface area contributed by atoms with Crippen molar-refractivity contribution < 1.29 is 4.79 Å². The molecule has 0 radical (unpaired) electrons. The highest BCUT2D eigenvalue weighted by Crippen LogP contribution is 2.40. The zero-order chi connectivity index (χ0) is 12.5. The molecule has 1 N–H and O–H groups in total. The van der Waals surface area contributed by atoms with Crippen LogP contribution in [0.4, 0.5) is 0 Å². The van der Waals surface area contributed by atoms with Crippen LogP contribution in [0.15, 0.2) is 11.4 Å². The number of nitrogens with zero attached hydrogens (tertiary/aromatic N) is 1. The van der Waals surface area contributed by atoms with Crippen LogP contribution in [0, 0.1) is 0 Å². The molecule has 3 rings (SSSR count). The average Bonchev–Trinajstić information content (AvgIpc) is 2.86. The number of nitrogens with one attached hydrogen (secondary N) is 1. The zero-order valence-corrected chi connectivity index (χ0v) is 12.1. The van der Waals surface area contributed by atoms with E-state index in [4.69, 9.17) is 0 Å². The Labute approximate surface area is 116 Å². The van der Waals surface area contributed by atoms with Gasteiger partial charge in [-0.3, -0.25) is 4.79 Å². The van der Waals surface area contributed by atoms with E-state index in [1.165, 1.54) is 10.4 Å². The fourth-order valence-corrected chi connectivity index (χ4v) is 5.02. The number of hydrogen-bond donors (Lipinski definition) is 1. The summed E-state index contributed by atoms with van der Waals surface area (Å²) in [6.45, 7) is 4.75. The van der Waals surface area contributed by atoms with Gasteiger partial charge in [-0.05, 0) is 36.1 Å². The largest absolute Gasteiger partial charge is 0.339 e. The Balaban J connectivity index is 1.77. The number of piperazine rings is 1. The highest BCUT2D eigenvalue weighted by molar-refractivity contribution is 8.00. The molecule has 2 aliphatic heterocycles. The third-order valence-corrected chi connectivity index (χ3v) is 5.81. The van der Waals surface area contributed by atoms with Gasteiger partial charge < -0.3 is 10.2 Å². The number of carbonyl (C=O) groups is 1. The molecule has 0 unspecified atom stereocenters. The molecule has 1 aromatic rings. The van der Waals surface area contributed by atoms with Crippen LogP contribution in [0.1, 0.15) is 22.6 Å². The van der Waals surface area contributed by atoms with Gasteiger partial charge in [0.25, 0.3) is 0 Å². The summed E-state index contributed by atoms with van der Waals surface area (Å²) in [5.41, 5.74) is 1.27. The monoisotopic (exact) mass is 282 g/mol. The molecule has 2 atom stereocenters. The van der Waals surface area contributed by atoms with Crippen molar-refractivity contribution in [3.8, 4) is 0 Å². The second-order valence-corrected chi connectivity index (χ2v) is 7.15. The molecule has 0 saturated carbocycles. The van der Waals surface area contributed by atoms with Gasteiger partial charge in [-0.1, -0.05) is 0 Å². The third kappa shape index (κ3) is 2.31. The molecule has 0 bridgehead atoms. The Morgan fingerprint density at radius 2 is 2.44 bits per heavy atom. The Morgan fingerprint density at radius 1 is 1.56 bits per heavy atom. The molecule has 0 aliphatic carbocycles. The van der Waals surface area contributed by atoms with E-state index in [2.05, 4.69) is 23.7 Å². The summed E-state index contributed by atoms with van der Waals surface area (Å²) in [6, 6.07) is 2.55. The summed E-state index contributed by atoms with van der Waals surface area (Å²) in [5.74, 6) is 1.39. The van der Waals surface area contributed by atoms with Gasteiger partial charge in [-0.2, -0.15) is 0 Å². The van der Waals surface area contributed by atoms with Crippen molar-refractivity contribution in [2.45, 2.75) is 24.6 Å². The highest BCUT2D eigenvalue weighted by Gasteiger charge is 2.32. The molecule has 3 nitrogen and oxygen atoms in total. The summed E-state index contributed by atoms with van der Waals surface area (Å²) in [4.78, 5) is 16.1. The number of thiophene rings is 1. The number of rotatable bonds is 1. The quantitative estimate of drug-likeness (QED) is 0.854. The second kappa shape index (κ2) is 5.23. The maximum absolute atomic E-state index is 12.6. The van der Waals surface area contributed by atoms with Gasteiger partial charge >= 0.3 is 0 Å². The first-order valence-electron chi connectivity index (χ1n) is 6.46. The van der Waals surface area contributed by atoms with Crippen LogP contribution in [0.5, 0.6) is 0 Å². The first kappa shape index (κ1) is 12.5. The average molecular weight is 282 g/mol. The summed E-state index contributed by atoms with van der Waals surface area (Å²) in [7, 11) is 0. The van der Waals surface area contributed by atoms with Crippen molar-refractivity contribution in [2.24, 2.45) is 0 Å². The van der Waals surface area contributed by atoms with Gasteiger partial charge in [-0.15, -0.1) is 23.1 Å². The maximum Gasteiger partial charge on any atom is 0.240 e. The standard InChI is InChI=1S/C13H18N2OS2/c1-9-8-15(5-4-14-9)13(16)12-10-2-6-17-11(10)3-7-18-12/h2,6,9,12,14H,3-5,7-8H2,1H3/t9-,12-/m1/s1. The molecule has 0 spiro atoms. The minimum Gasteiger partial charge on any atom is -0.339 e. The molecule has 3 heterocycles. The first-order valence-corrected chi connectivity index (χ1v) is 8.38. The second-order valence-electron chi connectivity index (χ2n) is 4.94. The van der Waals surface area contributed by atoms with E-state index in [1.54, 1.807) is 11.3 Å². The van der Waals surface area contributed by atoms with Crippen LogP contribution in [0.3, 0.4) is 0 Å². The van der Waals surface area contributed by atoms with Crippen molar-refractivity contribution in [2.75, 3.05) is 25.4 Å². The minimum absolute atomic E-state index is 0.0466. The molecule has 98 valence electrons. The van der Waals surface area contributed by atoms with Crippen molar-refractivity contribution >= 4 is 29.0 Å². The van der Waals surface area contributed by atoms with Crippen molar-refractivity contribution in [3.63, 3.8) is 0 Å².